The van der Waals surface area contributed by atoms with Crippen molar-refractivity contribution in [2.24, 2.45) is 0 Å². The summed E-state index contributed by atoms with van der Waals surface area (Å²) in [4.78, 5) is 4.71. The number of nitrogens with zero attached hydrogens (tertiary/aromatic N) is 4. The largest absolute Gasteiger partial charge is 0.310 e. The van der Waals surface area contributed by atoms with Gasteiger partial charge in [0.1, 0.15) is 0 Å². The predicted octanol–water partition coefficient (Wildman–Crippen LogP) is 22.1. The summed E-state index contributed by atoms with van der Waals surface area (Å²) in [6, 6.07) is 116. The van der Waals surface area contributed by atoms with Crippen LogP contribution in [0.3, 0.4) is 0 Å². The third-order valence-electron chi connectivity index (χ3n) is 16.1. The first-order valence-corrected chi connectivity index (χ1v) is 28.6. The maximum absolute atomic E-state index is 7.63. The first kappa shape index (κ1) is 49.4. The van der Waals surface area contributed by atoms with Crippen molar-refractivity contribution in [3.05, 3.63) is 327 Å². The van der Waals surface area contributed by atoms with Gasteiger partial charge in [-0.2, -0.15) is 0 Å². The topological polar surface area (TPSA) is 16.3 Å². The zero-order valence-electron chi connectivity index (χ0n) is 45.3. The normalized spacial score (nSPS) is 11.4. The Morgan fingerprint density at radius 3 is 0.831 bits per heavy atom. The van der Waals surface area contributed by atoms with Crippen molar-refractivity contribution in [1.29, 1.82) is 0 Å². The van der Waals surface area contributed by atoms with E-state index in [9.17, 15) is 0 Å². The average Bonchev–Trinajstić information content (AvgIpc) is 3.69. The molecule has 13 aromatic carbocycles. The lowest BCUT2D eigenvalue weighted by Gasteiger charge is -2.31. The highest BCUT2D eigenvalue weighted by atomic mass is 35.5. The summed E-state index contributed by atoms with van der Waals surface area (Å²) in [5.41, 5.74) is 21.5. The van der Waals surface area contributed by atoms with Gasteiger partial charge >= 0.3 is 0 Å². The fraction of sp³-hybridized carbons (Fsp3) is 0. The number of benzene rings is 13. The molecule has 4 nitrogen and oxygen atoms in total. The highest BCUT2D eigenvalue weighted by Crippen LogP contribution is 2.47. The first-order valence-electron chi connectivity index (χ1n) is 28.2. The Hall–Kier alpha value is -10.7. The van der Waals surface area contributed by atoms with Gasteiger partial charge in [0.05, 0.1) is 33.4 Å². The molecule has 2 heterocycles. The minimum Gasteiger partial charge on any atom is -0.310 e. The molecular weight excluding hydrogens is 1030 g/mol. The zero-order chi connectivity index (χ0) is 55.2. The lowest BCUT2D eigenvalue weighted by molar-refractivity contribution is 1.17. The fourth-order valence-corrected chi connectivity index (χ4v) is 12.6. The van der Waals surface area contributed by atoms with Crippen molar-refractivity contribution in [3.8, 4) is 55.9 Å². The molecule has 0 aliphatic carbocycles. The molecular formula is C78H53ClN4. The van der Waals surface area contributed by atoms with Gasteiger partial charge in [-0.1, -0.05) is 242 Å². The van der Waals surface area contributed by atoms with Gasteiger partial charge in [0.25, 0.3) is 0 Å². The first-order chi connectivity index (χ1) is 41.1. The van der Waals surface area contributed by atoms with E-state index in [0.717, 1.165) is 112 Å². The Morgan fingerprint density at radius 2 is 0.494 bits per heavy atom. The molecule has 0 fully saturated rings. The maximum Gasteiger partial charge on any atom is 0.0561 e. The molecule has 2 aromatic heterocycles. The molecule has 0 aliphatic heterocycles. The second-order valence-electron chi connectivity index (χ2n) is 21.0. The molecule has 0 bridgehead atoms. The zero-order valence-corrected chi connectivity index (χ0v) is 46.0. The second-order valence-corrected chi connectivity index (χ2v) is 21.5. The average molecular weight is 1080 g/mol. The molecule has 0 amide bonds. The molecule has 5 heteroatoms. The van der Waals surface area contributed by atoms with Crippen molar-refractivity contribution in [2.75, 3.05) is 9.80 Å². The highest BCUT2D eigenvalue weighted by Gasteiger charge is 2.24. The molecule has 0 spiro atoms. The summed E-state index contributed by atoms with van der Waals surface area (Å²) in [6.45, 7) is 0. The smallest absolute Gasteiger partial charge is 0.0561 e. The van der Waals surface area contributed by atoms with Crippen LogP contribution in [0.5, 0.6) is 0 Å². The predicted molar refractivity (Wildman–Crippen MR) is 351 cm³/mol. The van der Waals surface area contributed by atoms with Crippen LogP contribution in [-0.2, 0) is 0 Å². The van der Waals surface area contributed by atoms with E-state index >= 15 is 0 Å². The van der Waals surface area contributed by atoms with Crippen molar-refractivity contribution in [1.82, 2.24) is 9.13 Å². The lowest BCUT2D eigenvalue weighted by atomic mass is 10.0. The van der Waals surface area contributed by atoms with E-state index in [1.807, 2.05) is 0 Å². The van der Waals surface area contributed by atoms with Crippen LogP contribution in [0.2, 0.25) is 5.02 Å². The number of hydrogen-bond acceptors (Lipinski definition) is 2. The second kappa shape index (κ2) is 21.1. The van der Waals surface area contributed by atoms with E-state index in [4.69, 9.17) is 11.6 Å². The number of hydrogen-bond donors (Lipinski definition) is 0. The highest BCUT2D eigenvalue weighted by molar-refractivity contribution is 6.31. The van der Waals surface area contributed by atoms with Crippen LogP contribution in [0.4, 0.5) is 34.1 Å². The summed E-state index contributed by atoms with van der Waals surface area (Å²) in [5.74, 6) is 0. The van der Waals surface area contributed by atoms with Crippen LogP contribution in [0.25, 0.3) is 99.5 Å². The standard InChI is InChI=1S/C78H53ClN4/c79-60-49-65(80(61-41-37-56(38-42-61)54-21-5-1-6-22-54)63-45-47-67(58-25-9-3-10-26-58)77(52-63)82-73-33-17-13-29-69(73)70-30-14-18-34-74(70)82)51-66(50-60)81(62-43-39-57(40-44-62)55-23-7-2-8-24-55)64-46-48-68(59-27-11-4-12-28-59)78(53-64)83-75-35-19-15-31-71(75)72-32-16-20-36-76(72)83/h1-53H. The van der Waals surface area contributed by atoms with Crippen LogP contribution in [0.15, 0.2) is 322 Å². The number of fused-ring (bicyclic) bond motifs is 6. The van der Waals surface area contributed by atoms with Gasteiger partial charge < -0.3 is 18.9 Å². The molecule has 83 heavy (non-hydrogen) atoms. The molecule has 0 atom stereocenters. The van der Waals surface area contributed by atoms with Crippen molar-refractivity contribution < 1.29 is 0 Å². The Kier molecular flexibility index (Phi) is 12.6. The summed E-state index contributed by atoms with van der Waals surface area (Å²) in [5, 5.41) is 5.41. The summed E-state index contributed by atoms with van der Waals surface area (Å²) < 4.78 is 4.87. The third kappa shape index (κ3) is 8.99. The van der Waals surface area contributed by atoms with E-state index in [1.165, 1.54) is 21.5 Å². The van der Waals surface area contributed by atoms with Crippen LogP contribution in [-0.4, -0.2) is 9.13 Å². The molecule has 0 radical (unpaired) electrons. The number of anilines is 6. The summed E-state index contributed by atoms with van der Waals surface area (Å²) >= 11 is 7.63. The van der Waals surface area contributed by atoms with Crippen molar-refractivity contribution in [2.45, 2.75) is 0 Å². The fourth-order valence-electron chi connectivity index (χ4n) is 12.4. The molecule has 0 saturated carbocycles. The molecule has 392 valence electrons. The van der Waals surface area contributed by atoms with Crippen LogP contribution < -0.4 is 9.80 Å². The Bertz CT molecular complexity index is 4430. The van der Waals surface area contributed by atoms with Crippen LogP contribution in [0, 0.1) is 0 Å². The van der Waals surface area contributed by atoms with E-state index in [1.54, 1.807) is 0 Å². The summed E-state index contributed by atoms with van der Waals surface area (Å²) in [6.07, 6.45) is 0. The van der Waals surface area contributed by atoms with Gasteiger partial charge in [0.2, 0.25) is 0 Å². The quantitative estimate of drug-likeness (QED) is 0.121. The molecule has 0 saturated heterocycles. The van der Waals surface area contributed by atoms with E-state index in [-0.39, 0.29) is 0 Å². The molecule has 15 aromatic rings. The molecule has 0 unspecified atom stereocenters. The van der Waals surface area contributed by atoms with E-state index < -0.39 is 0 Å². The Labute approximate surface area is 487 Å². The number of aromatic nitrogens is 2. The maximum atomic E-state index is 7.63. The monoisotopic (exact) mass is 1080 g/mol. The van der Waals surface area contributed by atoms with E-state index in [0.29, 0.717) is 5.02 Å². The molecule has 0 aliphatic rings. The lowest BCUT2D eigenvalue weighted by Crippen LogP contribution is -2.14. The third-order valence-corrected chi connectivity index (χ3v) is 16.4. The summed E-state index contributed by atoms with van der Waals surface area (Å²) in [7, 11) is 0. The van der Waals surface area contributed by atoms with E-state index in [2.05, 4.69) is 340 Å². The number of rotatable bonds is 12. The van der Waals surface area contributed by atoms with Crippen molar-refractivity contribution >= 4 is 89.3 Å². The number of para-hydroxylation sites is 4. The SMILES string of the molecule is Clc1cc(N(c2ccc(-c3ccccc3)cc2)c2ccc(-c3ccccc3)c(-n3c4ccccc4c4ccccc43)c2)cc(N(c2ccc(-c3ccccc3)cc2)c2ccc(-c3ccccc3)c(-n3c4ccccc4c4ccccc43)c2)c1. The van der Waals surface area contributed by atoms with Gasteiger partial charge in [-0.15, -0.1) is 0 Å². The van der Waals surface area contributed by atoms with Gasteiger partial charge in [0.15, 0.2) is 0 Å². The van der Waals surface area contributed by atoms with Gasteiger partial charge in [0, 0.05) is 71.8 Å². The van der Waals surface area contributed by atoms with Crippen molar-refractivity contribution in [3.63, 3.8) is 0 Å². The minimum absolute atomic E-state index is 0.598. The van der Waals surface area contributed by atoms with Gasteiger partial charge in [-0.25, -0.2) is 0 Å². The van der Waals surface area contributed by atoms with Gasteiger partial charge in [-0.3, -0.25) is 0 Å². The Morgan fingerprint density at radius 1 is 0.217 bits per heavy atom. The molecule has 0 N–H and O–H groups in total. The minimum atomic E-state index is 0.598. The van der Waals surface area contributed by atoms with Crippen LogP contribution >= 0.6 is 11.6 Å². The number of halogens is 1. The Balaban J connectivity index is 0.969. The van der Waals surface area contributed by atoms with Crippen LogP contribution in [0.1, 0.15) is 0 Å². The molecule has 15 rings (SSSR count). The van der Waals surface area contributed by atoms with Gasteiger partial charge in [-0.05, 0) is 124 Å².